The molecule has 1 amide bonds. The monoisotopic (exact) mass is 314 g/mol. The first-order chi connectivity index (χ1) is 11.1. The number of hydrogen-bond acceptors (Lipinski definition) is 3. The minimum absolute atomic E-state index is 0.135. The minimum Gasteiger partial charge on any atom is -0.489 e. The highest BCUT2D eigenvalue weighted by Crippen LogP contribution is 2.21. The van der Waals surface area contributed by atoms with Crippen molar-refractivity contribution in [2.24, 2.45) is 5.73 Å². The van der Waals surface area contributed by atoms with Gasteiger partial charge in [-0.15, -0.1) is 0 Å². The zero-order chi connectivity index (χ0) is 16.2. The lowest BCUT2D eigenvalue weighted by Crippen LogP contribution is -2.54. The van der Waals surface area contributed by atoms with Crippen molar-refractivity contribution in [2.45, 2.75) is 25.6 Å². The van der Waals surface area contributed by atoms with E-state index < -0.39 is 0 Å². The zero-order valence-corrected chi connectivity index (χ0v) is 12.7. The summed E-state index contributed by atoms with van der Waals surface area (Å²) in [6.45, 7) is 2.01. The van der Waals surface area contributed by atoms with Crippen molar-refractivity contribution in [3.05, 3.63) is 65.5 Å². The molecule has 2 aromatic carbocycles. The van der Waals surface area contributed by atoms with Crippen LogP contribution >= 0.6 is 0 Å². The second kappa shape index (κ2) is 6.79. The molecule has 1 atom stereocenters. The molecule has 0 bridgehead atoms. The van der Waals surface area contributed by atoms with Crippen LogP contribution in [-0.4, -0.2) is 23.4 Å². The summed E-state index contributed by atoms with van der Waals surface area (Å²) in [5.74, 6) is 0.252. The van der Waals surface area contributed by atoms with E-state index in [0.29, 0.717) is 13.2 Å². The number of benzene rings is 2. The highest BCUT2D eigenvalue weighted by Gasteiger charge is 2.32. The van der Waals surface area contributed by atoms with Gasteiger partial charge in [-0.05, 0) is 41.8 Å². The highest BCUT2D eigenvalue weighted by atomic mass is 19.1. The van der Waals surface area contributed by atoms with E-state index in [9.17, 15) is 9.18 Å². The first kappa shape index (κ1) is 15.5. The van der Waals surface area contributed by atoms with Gasteiger partial charge < -0.3 is 10.5 Å². The van der Waals surface area contributed by atoms with E-state index in [1.807, 2.05) is 24.3 Å². The Morgan fingerprint density at radius 2 is 1.78 bits per heavy atom. The summed E-state index contributed by atoms with van der Waals surface area (Å²) in [4.78, 5) is 13.3. The number of carbonyl (C=O) groups excluding carboxylic acids is 1. The Balaban J connectivity index is 1.53. The van der Waals surface area contributed by atoms with E-state index >= 15 is 0 Å². The summed E-state index contributed by atoms with van der Waals surface area (Å²) < 4.78 is 18.5. The quantitative estimate of drug-likeness (QED) is 0.891. The number of rotatable bonds is 6. The van der Waals surface area contributed by atoms with Gasteiger partial charge in [0, 0.05) is 13.1 Å². The second-order valence-corrected chi connectivity index (χ2v) is 5.74. The second-order valence-electron chi connectivity index (χ2n) is 5.74. The van der Waals surface area contributed by atoms with Crippen LogP contribution in [0, 0.1) is 5.82 Å². The molecule has 0 radical (unpaired) electrons. The van der Waals surface area contributed by atoms with E-state index in [1.54, 1.807) is 12.1 Å². The fourth-order valence-electron chi connectivity index (χ4n) is 2.63. The molecule has 5 heteroatoms. The van der Waals surface area contributed by atoms with Gasteiger partial charge in [0.15, 0.2) is 0 Å². The Bertz CT molecular complexity index is 670. The van der Waals surface area contributed by atoms with Crippen molar-refractivity contribution >= 4 is 5.91 Å². The number of likely N-dealkylation sites (tertiary alicyclic amines) is 1. The molecular weight excluding hydrogens is 295 g/mol. The van der Waals surface area contributed by atoms with E-state index in [2.05, 4.69) is 4.90 Å². The zero-order valence-electron chi connectivity index (χ0n) is 12.7. The average molecular weight is 314 g/mol. The molecule has 0 spiro atoms. The normalized spacial score (nSPS) is 17.5. The van der Waals surface area contributed by atoms with Gasteiger partial charge >= 0.3 is 0 Å². The van der Waals surface area contributed by atoms with E-state index in [1.165, 1.54) is 12.1 Å². The maximum Gasteiger partial charge on any atom is 0.234 e. The molecule has 3 rings (SSSR count). The van der Waals surface area contributed by atoms with E-state index in [4.69, 9.17) is 10.5 Å². The Morgan fingerprint density at radius 1 is 1.13 bits per heavy atom. The van der Waals surface area contributed by atoms with Crippen molar-refractivity contribution in [2.75, 3.05) is 6.54 Å². The molecular formula is C18H19FN2O2. The number of nitrogens with two attached hydrogens (primary N) is 1. The molecule has 2 aromatic rings. The molecule has 2 N–H and O–H groups in total. The topological polar surface area (TPSA) is 55.6 Å². The lowest BCUT2D eigenvalue weighted by atomic mass is 10.0. The van der Waals surface area contributed by atoms with Gasteiger partial charge in [-0.3, -0.25) is 9.69 Å². The Kier molecular flexibility index (Phi) is 4.57. The summed E-state index contributed by atoms with van der Waals surface area (Å²) in [5.41, 5.74) is 7.38. The van der Waals surface area contributed by atoms with Crippen molar-refractivity contribution in [1.29, 1.82) is 0 Å². The highest BCUT2D eigenvalue weighted by molar-refractivity contribution is 5.80. The molecule has 0 aromatic heterocycles. The number of carbonyl (C=O) groups is 1. The molecule has 1 saturated heterocycles. The number of amides is 1. The van der Waals surface area contributed by atoms with Crippen LogP contribution in [0.15, 0.2) is 48.5 Å². The lowest BCUT2D eigenvalue weighted by Gasteiger charge is -2.38. The van der Waals surface area contributed by atoms with Crippen molar-refractivity contribution in [3.63, 3.8) is 0 Å². The van der Waals surface area contributed by atoms with Crippen molar-refractivity contribution < 1.29 is 13.9 Å². The standard InChI is InChI=1S/C18H19FN2O2/c19-15-5-1-14(2-6-15)12-23-16-7-3-13(4-8-16)11-21-10-9-17(21)18(20)22/h1-8,17H,9-12H2,(H2,20,22). The maximum absolute atomic E-state index is 12.8. The Morgan fingerprint density at radius 3 is 2.35 bits per heavy atom. The number of ether oxygens (including phenoxy) is 1. The molecule has 1 unspecified atom stereocenters. The first-order valence-electron chi connectivity index (χ1n) is 7.61. The molecule has 4 nitrogen and oxygen atoms in total. The summed E-state index contributed by atoms with van der Waals surface area (Å²) in [6, 6.07) is 13.9. The van der Waals surface area contributed by atoms with Crippen LogP contribution in [0.5, 0.6) is 5.75 Å². The first-order valence-corrected chi connectivity index (χ1v) is 7.61. The summed E-state index contributed by atoms with van der Waals surface area (Å²) >= 11 is 0. The number of nitrogens with zero attached hydrogens (tertiary/aromatic N) is 1. The van der Waals surface area contributed by atoms with Crippen LogP contribution in [0.2, 0.25) is 0 Å². The van der Waals surface area contributed by atoms with Crippen molar-refractivity contribution in [3.8, 4) is 5.75 Å². The molecule has 1 heterocycles. The predicted molar refractivity (Wildman–Crippen MR) is 85.2 cm³/mol. The Labute approximate surface area is 134 Å². The predicted octanol–water partition coefficient (Wildman–Crippen LogP) is 2.46. The lowest BCUT2D eigenvalue weighted by molar-refractivity contribution is -0.127. The third-order valence-corrected chi connectivity index (χ3v) is 4.09. The largest absolute Gasteiger partial charge is 0.489 e. The van der Waals surface area contributed by atoms with Gasteiger partial charge in [0.25, 0.3) is 0 Å². The van der Waals surface area contributed by atoms with Crippen LogP contribution in [0.4, 0.5) is 4.39 Å². The maximum atomic E-state index is 12.8. The molecule has 23 heavy (non-hydrogen) atoms. The van der Waals surface area contributed by atoms with Crippen LogP contribution in [0.3, 0.4) is 0 Å². The van der Waals surface area contributed by atoms with Gasteiger partial charge in [-0.1, -0.05) is 24.3 Å². The minimum atomic E-state index is -0.254. The SMILES string of the molecule is NC(=O)C1CCN1Cc1ccc(OCc2ccc(F)cc2)cc1. The van der Waals surface area contributed by atoms with Crippen LogP contribution in [0.25, 0.3) is 0 Å². The van der Waals surface area contributed by atoms with Gasteiger partial charge in [0.2, 0.25) is 5.91 Å². The molecule has 1 aliphatic heterocycles. The van der Waals surface area contributed by atoms with Gasteiger partial charge in [-0.25, -0.2) is 4.39 Å². The molecule has 0 aliphatic carbocycles. The molecule has 0 saturated carbocycles. The van der Waals surface area contributed by atoms with Gasteiger partial charge in [0.05, 0.1) is 6.04 Å². The number of hydrogen-bond donors (Lipinski definition) is 1. The third-order valence-electron chi connectivity index (χ3n) is 4.09. The number of primary amides is 1. The smallest absolute Gasteiger partial charge is 0.234 e. The third kappa shape index (κ3) is 3.87. The van der Waals surface area contributed by atoms with Gasteiger partial charge in [-0.2, -0.15) is 0 Å². The molecule has 1 fully saturated rings. The van der Waals surface area contributed by atoms with E-state index in [0.717, 1.165) is 29.8 Å². The molecule has 1 aliphatic rings. The number of halogens is 1. The fourth-order valence-corrected chi connectivity index (χ4v) is 2.63. The summed E-state index contributed by atoms with van der Waals surface area (Å²) in [6.07, 6.45) is 0.841. The van der Waals surface area contributed by atoms with Crippen LogP contribution in [0.1, 0.15) is 17.5 Å². The Hall–Kier alpha value is -2.40. The fraction of sp³-hybridized carbons (Fsp3) is 0.278. The summed E-state index contributed by atoms with van der Waals surface area (Å²) in [5, 5.41) is 0. The van der Waals surface area contributed by atoms with Crippen molar-refractivity contribution in [1.82, 2.24) is 4.90 Å². The van der Waals surface area contributed by atoms with Crippen LogP contribution in [-0.2, 0) is 17.9 Å². The van der Waals surface area contributed by atoms with Gasteiger partial charge in [0.1, 0.15) is 18.2 Å². The van der Waals surface area contributed by atoms with Crippen LogP contribution < -0.4 is 10.5 Å². The summed E-state index contributed by atoms with van der Waals surface area (Å²) in [7, 11) is 0. The molecule has 120 valence electrons. The average Bonchev–Trinajstić information content (AvgIpc) is 2.51. The van der Waals surface area contributed by atoms with E-state index in [-0.39, 0.29) is 17.8 Å².